The minimum atomic E-state index is 0.610. The van der Waals surface area contributed by atoms with E-state index < -0.39 is 0 Å². The Balaban J connectivity index is 1.65. The zero-order valence-corrected chi connectivity index (χ0v) is 18.1. The lowest BCUT2D eigenvalue weighted by Gasteiger charge is -2.14. The van der Waals surface area contributed by atoms with E-state index in [9.17, 15) is 0 Å². The number of imidazole rings is 1. The molecule has 0 atom stereocenters. The van der Waals surface area contributed by atoms with Crippen molar-refractivity contribution in [1.29, 1.82) is 0 Å². The predicted octanol–water partition coefficient (Wildman–Crippen LogP) is 3.89. The Bertz CT molecular complexity index is 963. The first-order valence-electron chi connectivity index (χ1n) is 10.5. The molecule has 0 spiro atoms. The van der Waals surface area contributed by atoms with Crippen LogP contribution in [-0.2, 0) is 19.6 Å². The molecule has 6 heteroatoms. The van der Waals surface area contributed by atoms with Crippen molar-refractivity contribution < 1.29 is 4.74 Å². The Kier molecular flexibility index (Phi) is 7.89. The van der Waals surface area contributed by atoms with Crippen molar-refractivity contribution in [3.8, 4) is 5.75 Å². The van der Waals surface area contributed by atoms with Crippen LogP contribution in [0.15, 0.2) is 65.9 Å². The fraction of sp³-hybridized carbons (Fsp3) is 0.333. The second-order valence-corrected chi connectivity index (χ2v) is 7.01. The van der Waals surface area contributed by atoms with E-state index in [1.807, 2.05) is 44.4 Å². The van der Waals surface area contributed by atoms with E-state index in [1.54, 1.807) is 0 Å². The minimum Gasteiger partial charge on any atom is -0.494 e. The zero-order valence-electron chi connectivity index (χ0n) is 18.1. The molecule has 0 amide bonds. The van der Waals surface area contributed by atoms with Crippen LogP contribution in [0.5, 0.6) is 5.75 Å². The predicted molar refractivity (Wildman–Crippen MR) is 122 cm³/mol. The summed E-state index contributed by atoms with van der Waals surface area (Å²) in [6.07, 6.45) is 3.84. The van der Waals surface area contributed by atoms with E-state index in [2.05, 4.69) is 57.4 Å². The van der Waals surface area contributed by atoms with E-state index in [4.69, 9.17) is 9.73 Å². The molecule has 6 nitrogen and oxygen atoms in total. The largest absolute Gasteiger partial charge is 0.494 e. The minimum absolute atomic E-state index is 0.610. The molecule has 0 aliphatic carbocycles. The van der Waals surface area contributed by atoms with Gasteiger partial charge in [-0.2, -0.15) is 0 Å². The number of rotatable bonds is 9. The van der Waals surface area contributed by atoms with Gasteiger partial charge < -0.3 is 19.9 Å². The highest BCUT2D eigenvalue weighted by Gasteiger charge is 2.05. The summed E-state index contributed by atoms with van der Waals surface area (Å²) in [5.74, 6) is 2.72. The van der Waals surface area contributed by atoms with E-state index in [0.29, 0.717) is 19.7 Å². The van der Waals surface area contributed by atoms with Gasteiger partial charge in [0.05, 0.1) is 13.2 Å². The normalized spacial score (nSPS) is 11.4. The average molecular weight is 406 g/mol. The zero-order chi connectivity index (χ0) is 21.2. The maximum atomic E-state index is 5.72. The summed E-state index contributed by atoms with van der Waals surface area (Å²) >= 11 is 0. The SMILES string of the molecule is CCNC(=NCc1cccc(Cn2ccnc2C)c1)NCc1ccccc1OCC. The summed E-state index contributed by atoms with van der Waals surface area (Å²) in [5.41, 5.74) is 3.53. The Hall–Kier alpha value is -3.28. The number of hydrogen-bond donors (Lipinski definition) is 2. The molecule has 0 bridgehead atoms. The third-order valence-corrected chi connectivity index (χ3v) is 4.75. The maximum absolute atomic E-state index is 5.72. The van der Waals surface area contributed by atoms with Gasteiger partial charge >= 0.3 is 0 Å². The fourth-order valence-corrected chi connectivity index (χ4v) is 3.23. The molecule has 1 aromatic heterocycles. The lowest BCUT2D eigenvalue weighted by molar-refractivity contribution is 0.336. The van der Waals surface area contributed by atoms with Gasteiger partial charge in [0.25, 0.3) is 0 Å². The molecular formula is C24H31N5O. The average Bonchev–Trinajstić information content (AvgIpc) is 3.16. The molecule has 2 N–H and O–H groups in total. The highest BCUT2D eigenvalue weighted by Crippen LogP contribution is 2.17. The van der Waals surface area contributed by atoms with Crippen molar-refractivity contribution in [3.63, 3.8) is 0 Å². The number of hydrogen-bond acceptors (Lipinski definition) is 3. The Morgan fingerprint density at radius 3 is 2.67 bits per heavy atom. The number of aromatic nitrogens is 2. The second kappa shape index (κ2) is 11.0. The van der Waals surface area contributed by atoms with Gasteiger partial charge in [0.1, 0.15) is 11.6 Å². The number of aliphatic imine (C=N–C) groups is 1. The van der Waals surface area contributed by atoms with Gasteiger partial charge in [-0.05, 0) is 38.0 Å². The molecule has 1 heterocycles. The standard InChI is InChI=1S/C24H31N5O/c1-4-25-24(28-17-22-11-6-7-12-23(22)30-5-2)27-16-20-9-8-10-21(15-20)18-29-14-13-26-19(29)3/h6-15H,4-5,16-18H2,1-3H3,(H2,25,27,28). The van der Waals surface area contributed by atoms with Crippen LogP contribution in [0.3, 0.4) is 0 Å². The first kappa shape index (κ1) is 21.4. The number of ether oxygens (including phenoxy) is 1. The fourth-order valence-electron chi connectivity index (χ4n) is 3.23. The van der Waals surface area contributed by atoms with Crippen molar-refractivity contribution >= 4 is 5.96 Å². The van der Waals surface area contributed by atoms with E-state index >= 15 is 0 Å². The highest BCUT2D eigenvalue weighted by molar-refractivity contribution is 5.79. The smallest absolute Gasteiger partial charge is 0.191 e. The van der Waals surface area contributed by atoms with Crippen molar-refractivity contribution in [1.82, 2.24) is 20.2 Å². The molecule has 2 aromatic carbocycles. The number of benzene rings is 2. The molecule has 0 saturated heterocycles. The summed E-state index contributed by atoms with van der Waals surface area (Å²) in [6.45, 7) is 9.62. The van der Waals surface area contributed by atoms with E-state index in [-0.39, 0.29) is 0 Å². The van der Waals surface area contributed by atoms with Crippen molar-refractivity contribution in [3.05, 3.63) is 83.4 Å². The van der Waals surface area contributed by atoms with Crippen LogP contribution in [0.25, 0.3) is 0 Å². The molecule has 30 heavy (non-hydrogen) atoms. The summed E-state index contributed by atoms with van der Waals surface area (Å²) in [6, 6.07) is 16.6. The van der Waals surface area contributed by atoms with Gasteiger partial charge in [-0.1, -0.05) is 42.5 Å². The lowest BCUT2D eigenvalue weighted by Crippen LogP contribution is -2.36. The first-order chi connectivity index (χ1) is 14.7. The van der Waals surface area contributed by atoms with Gasteiger partial charge in [0.15, 0.2) is 5.96 Å². The quantitative estimate of drug-likeness (QED) is 0.419. The van der Waals surface area contributed by atoms with Crippen LogP contribution in [0.4, 0.5) is 0 Å². The lowest BCUT2D eigenvalue weighted by atomic mass is 10.1. The summed E-state index contributed by atoms with van der Waals surface area (Å²) < 4.78 is 7.86. The molecule has 0 aliphatic heterocycles. The van der Waals surface area contributed by atoms with Crippen molar-refractivity contribution in [2.75, 3.05) is 13.2 Å². The number of para-hydroxylation sites is 1. The van der Waals surface area contributed by atoms with Crippen LogP contribution in [-0.4, -0.2) is 28.7 Å². The highest BCUT2D eigenvalue weighted by atomic mass is 16.5. The number of nitrogens with zero attached hydrogens (tertiary/aromatic N) is 3. The third-order valence-electron chi connectivity index (χ3n) is 4.75. The van der Waals surface area contributed by atoms with E-state index in [0.717, 1.165) is 36.2 Å². The number of nitrogens with one attached hydrogen (secondary N) is 2. The van der Waals surface area contributed by atoms with E-state index in [1.165, 1.54) is 11.1 Å². The molecule has 3 aromatic rings. The topological polar surface area (TPSA) is 63.5 Å². The van der Waals surface area contributed by atoms with Crippen LogP contribution in [0.1, 0.15) is 36.4 Å². The summed E-state index contributed by atoms with van der Waals surface area (Å²) in [7, 11) is 0. The summed E-state index contributed by atoms with van der Waals surface area (Å²) in [4.78, 5) is 9.06. The Morgan fingerprint density at radius 2 is 1.90 bits per heavy atom. The maximum Gasteiger partial charge on any atom is 0.191 e. The molecule has 3 rings (SSSR count). The van der Waals surface area contributed by atoms with Gasteiger partial charge in [-0.3, -0.25) is 0 Å². The molecule has 0 aliphatic rings. The van der Waals surface area contributed by atoms with Crippen molar-refractivity contribution in [2.45, 2.75) is 40.4 Å². The molecule has 0 unspecified atom stereocenters. The van der Waals surface area contributed by atoms with Gasteiger partial charge in [0, 0.05) is 37.6 Å². The van der Waals surface area contributed by atoms with Gasteiger partial charge in [-0.15, -0.1) is 0 Å². The molecule has 0 radical (unpaired) electrons. The van der Waals surface area contributed by atoms with Crippen LogP contribution >= 0.6 is 0 Å². The molecule has 0 fully saturated rings. The van der Waals surface area contributed by atoms with Crippen LogP contribution < -0.4 is 15.4 Å². The second-order valence-electron chi connectivity index (χ2n) is 7.01. The number of aryl methyl sites for hydroxylation is 1. The van der Waals surface area contributed by atoms with Crippen molar-refractivity contribution in [2.24, 2.45) is 4.99 Å². The molecule has 0 saturated carbocycles. The monoisotopic (exact) mass is 405 g/mol. The first-order valence-corrected chi connectivity index (χ1v) is 10.5. The van der Waals surface area contributed by atoms with Crippen LogP contribution in [0, 0.1) is 6.92 Å². The third kappa shape index (κ3) is 6.11. The molecular weight excluding hydrogens is 374 g/mol. The van der Waals surface area contributed by atoms with Gasteiger partial charge in [-0.25, -0.2) is 9.98 Å². The Morgan fingerprint density at radius 1 is 1.07 bits per heavy atom. The number of guanidine groups is 1. The molecule has 158 valence electrons. The Labute approximate surface area is 179 Å². The van der Waals surface area contributed by atoms with Crippen LogP contribution in [0.2, 0.25) is 0 Å². The summed E-state index contributed by atoms with van der Waals surface area (Å²) in [5, 5.41) is 6.73. The van der Waals surface area contributed by atoms with Gasteiger partial charge in [0.2, 0.25) is 0 Å².